The van der Waals surface area contributed by atoms with Crippen molar-refractivity contribution in [1.82, 2.24) is 0 Å². The van der Waals surface area contributed by atoms with Crippen LogP contribution in [-0.2, 0) is 0 Å². The van der Waals surface area contributed by atoms with Crippen molar-refractivity contribution < 1.29 is 0 Å². The van der Waals surface area contributed by atoms with E-state index >= 15 is 0 Å². The van der Waals surface area contributed by atoms with Gasteiger partial charge in [0.1, 0.15) is 0 Å². The standard InChI is InChI=1S/C16H10/c1-3-11-7-9-13-5-2-6-14-10-8-12(4-1)15(11)16(13)14/h1,3-5,7-10,15-16H. The molecule has 4 aliphatic rings. The van der Waals surface area contributed by atoms with Gasteiger partial charge in [-0.25, -0.2) is 0 Å². The molecule has 0 nitrogen and oxygen atoms in total. The first-order valence-electron chi connectivity index (χ1n) is 5.63. The zero-order chi connectivity index (χ0) is 10.5. The molecule has 0 radical (unpaired) electrons. The van der Waals surface area contributed by atoms with Gasteiger partial charge in [0.15, 0.2) is 0 Å². The summed E-state index contributed by atoms with van der Waals surface area (Å²) in [6.07, 6.45) is 17.5. The predicted molar refractivity (Wildman–Crippen MR) is 64.6 cm³/mol. The molecule has 0 heteroatoms. The normalized spacial score (nSPS) is 31.5. The number of hydrogen-bond acceptors (Lipinski definition) is 0. The SMILES string of the molecule is C1=C=C2C=CC3=CC=CC4=CC=C(C=1)C2C34. The molecular formula is C16H10. The summed E-state index contributed by atoms with van der Waals surface area (Å²) in [4.78, 5) is 0. The minimum absolute atomic E-state index is 0.474. The van der Waals surface area contributed by atoms with E-state index < -0.39 is 0 Å². The van der Waals surface area contributed by atoms with Gasteiger partial charge < -0.3 is 0 Å². The summed E-state index contributed by atoms with van der Waals surface area (Å²) in [5.41, 5.74) is 11.8. The molecule has 0 N–H and O–H groups in total. The van der Waals surface area contributed by atoms with Crippen LogP contribution in [0.15, 0.2) is 82.4 Å². The highest BCUT2D eigenvalue weighted by Crippen LogP contribution is 2.47. The molecule has 0 bridgehead atoms. The first-order valence-corrected chi connectivity index (χ1v) is 5.63. The second-order valence-corrected chi connectivity index (χ2v) is 4.52. The first-order chi connectivity index (χ1) is 7.93. The summed E-state index contributed by atoms with van der Waals surface area (Å²) in [6.45, 7) is 0. The third-order valence-electron chi connectivity index (χ3n) is 3.70. The molecule has 4 rings (SSSR count). The third-order valence-corrected chi connectivity index (χ3v) is 3.70. The molecule has 74 valence electrons. The smallest absolute Gasteiger partial charge is 0.0285 e. The van der Waals surface area contributed by atoms with E-state index in [0.717, 1.165) is 0 Å². The molecule has 0 saturated carbocycles. The van der Waals surface area contributed by atoms with E-state index in [9.17, 15) is 0 Å². The largest absolute Gasteiger partial charge is 0.0696 e. The zero-order valence-corrected chi connectivity index (χ0v) is 8.77. The van der Waals surface area contributed by atoms with Gasteiger partial charge in [-0.1, -0.05) is 47.9 Å². The van der Waals surface area contributed by atoms with E-state index in [0.29, 0.717) is 11.8 Å². The fourth-order valence-corrected chi connectivity index (χ4v) is 2.97. The molecule has 0 aromatic carbocycles. The Balaban J connectivity index is 2.07. The van der Waals surface area contributed by atoms with Crippen LogP contribution in [0.5, 0.6) is 0 Å². The average molecular weight is 202 g/mol. The van der Waals surface area contributed by atoms with Crippen LogP contribution in [0.25, 0.3) is 0 Å². The monoisotopic (exact) mass is 202 g/mol. The van der Waals surface area contributed by atoms with Crippen LogP contribution in [0.4, 0.5) is 0 Å². The highest BCUT2D eigenvalue weighted by molar-refractivity contribution is 5.58. The van der Waals surface area contributed by atoms with Gasteiger partial charge in [0.2, 0.25) is 0 Å². The van der Waals surface area contributed by atoms with E-state index in [1.165, 1.54) is 22.3 Å². The Morgan fingerprint density at radius 3 is 2.69 bits per heavy atom. The van der Waals surface area contributed by atoms with Crippen molar-refractivity contribution in [3.63, 3.8) is 0 Å². The summed E-state index contributed by atoms with van der Waals surface area (Å²) in [7, 11) is 0. The molecule has 0 amide bonds. The topological polar surface area (TPSA) is 0 Å². The van der Waals surface area contributed by atoms with E-state index in [4.69, 9.17) is 0 Å². The summed E-state index contributed by atoms with van der Waals surface area (Å²) < 4.78 is 0. The van der Waals surface area contributed by atoms with Crippen molar-refractivity contribution in [1.29, 1.82) is 0 Å². The number of hydrogen-bond donors (Lipinski definition) is 0. The molecular weight excluding hydrogens is 192 g/mol. The number of rotatable bonds is 0. The highest BCUT2D eigenvalue weighted by atomic mass is 14.4. The molecule has 2 unspecified atom stereocenters. The second-order valence-electron chi connectivity index (χ2n) is 4.52. The van der Waals surface area contributed by atoms with Gasteiger partial charge >= 0.3 is 0 Å². The van der Waals surface area contributed by atoms with Gasteiger partial charge in [0.05, 0.1) is 0 Å². The lowest BCUT2D eigenvalue weighted by atomic mass is 9.65. The maximum absolute atomic E-state index is 3.24. The van der Waals surface area contributed by atoms with E-state index in [1.807, 2.05) is 0 Å². The molecule has 0 heterocycles. The van der Waals surface area contributed by atoms with Gasteiger partial charge in [-0.15, -0.1) is 0 Å². The van der Waals surface area contributed by atoms with Crippen LogP contribution in [0.1, 0.15) is 0 Å². The van der Waals surface area contributed by atoms with Crippen molar-refractivity contribution >= 4 is 0 Å². The lowest BCUT2D eigenvalue weighted by Gasteiger charge is -2.37. The summed E-state index contributed by atoms with van der Waals surface area (Å²) >= 11 is 0. The third kappa shape index (κ3) is 0.907. The van der Waals surface area contributed by atoms with Crippen LogP contribution < -0.4 is 0 Å². The molecule has 0 aromatic heterocycles. The van der Waals surface area contributed by atoms with Crippen molar-refractivity contribution in [3.05, 3.63) is 82.4 Å². The highest BCUT2D eigenvalue weighted by Gasteiger charge is 2.36. The maximum Gasteiger partial charge on any atom is 0.0285 e. The molecule has 0 fully saturated rings. The van der Waals surface area contributed by atoms with E-state index in [1.54, 1.807) is 0 Å². The fraction of sp³-hybridized carbons (Fsp3) is 0.125. The van der Waals surface area contributed by atoms with Crippen LogP contribution in [-0.4, -0.2) is 0 Å². The molecule has 16 heavy (non-hydrogen) atoms. The minimum Gasteiger partial charge on any atom is -0.0696 e. The lowest BCUT2D eigenvalue weighted by Crippen LogP contribution is -2.27. The van der Waals surface area contributed by atoms with Crippen LogP contribution in [0, 0.1) is 11.8 Å². The minimum atomic E-state index is 0.474. The summed E-state index contributed by atoms with van der Waals surface area (Å²) in [6, 6.07) is 0. The van der Waals surface area contributed by atoms with Crippen molar-refractivity contribution in [2.75, 3.05) is 0 Å². The zero-order valence-electron chi connectivity index (χ0n) is 8.77. The second kappa shape index (κ2) is 2.77. The Bertz CT molecular complexity index is 632. The van der Waals surface area contributed by atoms with Crippen molar-refractivity contribution in [2.24, 2.45) is 11.8 Å². The van der Waals surface area contributed by atoms with Gasteiger partial charge in [0, 0.05) is 17.4 Å². The Kier molecular flexibility index (Phi) is 1.42. The van der Waals surface area contributed by atoms with Crippen molar-refractivity contribution in [3.8, 4) is 0 Å². The van der Waals surface area contributed by atoms with Gasteiger partial charge in [0.25, 0.3) is 0 Å². The molecule has 2 atom stereocenters. The summed E-state index contributed by atoms with van der Waals surface area (Å²) in [5, 5.41) is 0. The Labute approximate surface area is 94.7 Å². The fourth-order valence-electron chi connectivity index (χ4n) is 2.97. The van der Waals surface area contributed by atoms with Crippen molar-refractivity contribution in [2.45, 2.75) is 0 Å². The van der Waals surface area contributed by atoms with Gasteiger partial charge in [-0.2, -0.15) is 0 Å². The Morgan fingerprint density at radius 1 is 0.812 bits per heavy atom. The predicted octanol–water partition coefficient (Wildman–Crippen LogP) is 3.40. The first kappa shape index (κ1) is 8.19. The average Bonchev–Trinajstić information content (AvgIpc) is 2.36. The lowest BCUT2D eigenvalue weighted by molar-refractivity contribution is 0.566. The molecule has 0 aliphatic heterocycles. The van der Waals surface area contributed by atoms with Gasteiger partial charge in [-0.3, -0.25) is 0 Å². The molecule has 0 spiro atoms. The van der Waals surface area contributed by atoms with E-state index in [-0.39, 0.29) is 0 Å². The van der Waals surface area contributed by atoms with Crippen LogP contribution in [0.2, 0.25) is 0 Å². The summed E-state index contributed by atoms with van der Waals surface area (Å²) in [5.74, 6) is 0.985. The maximum atomic E-state index is 3.24. The van der Waals surface area contributed by atoms with Gasteiger partial charge in [-0.05, 0) is 28.9 Å². The molecule has 0 saturated heterocycles. The molecule has 4 aliphatic carbocycles. The van der Waals surface area contributed by atoms with Crippen LogP contribution >= 0.6 is 0 Å². The quantitative estimate of drug-likeness (QED) is 0.528. The molecule has 0 aromatic rings. The van der Waals surface area contributed by atoms with E-state index in [2.05, 4.69) is 60.1 Å². The number of allylic oxidation sites excluding steroid dienone is 12. The van der Waals surface area contributed by atoms with Crippen LogP contribution in [0.3, 0.4) is 0 Å². The Hall–Kier alpha value is -2.00. The Morgan fingerprint density at radius 2 is 1.69 bits per heavy atom.